The maximum Gasteiger partial charge on any atom is 0.275 e. The number of carbonyl (C=O) groups is 1. The second-order valence-electron chi connectivity index (χ2n) is 8.60. The fourth-order valence-electron chi connectivity index (χ4n) is 4.11. The summed E-state index contributed by atoms with van der Waals surface area (Å²) in [5, 5.41) is 39.7. The van der Waals surface area contributed by atoms with E-state index in [9.17, 15) is 28.9 Å². The van der Waals surface area contributed by atoms with Crippen LogP contribution in [0.15, 0.2) is 24.3 Å². The molecule has 0 aliphatic rings. The highest BCUT2D eigenvalue weighted by molar-refractivity contribution is 7.78. The third kappa shape index (κ3) is 9.11. The molecule has 1 atom stereocenters. The molecule has 0 bridgehead atoms. The zero-order chi connectivity index (χ0) is 31.1. The summed E-state index contributed by atoms with van der Waals surface area (Å²) in [6, 6.07) is 6.41. The molecule has 7 N–H and O–H groups in total. The molecule has 2 rings (SSSR count). The molecule has 0 aliphatic carbocycles. The number of anilines is 1. The highest BCUT2D eigenvalue weighted by Gasteiger charge is 2.38. The van der Waals surface area contributed by atoms with E-state index in [-0.39, 0.29) is 56.6 Å². The van der Waals surface area contributed by atoms with Gasteiger partial charge in [0.05, 0.1) is 59.5 Å². The van der Waals surface area contributed by atoms with Crippen molar-refractivity contribution in [1.29, 1.82) is 0 Å². The molecule has 234 valence electrons. The number of rotatable bonds is 19. The average Bonchev–Trinajstić information content (AvgIpc) is 2.99. The van der Waals surface area contributed by atoms with E-state index in [1.165, 1.54) is 34.5 Å². The third-order valence-corrected chi connectivity index (χ3v) is 6.59. The fourth-order valence-corrected chi connectivity index (χ4v) is 4.62. The largest absolute Gasteiger partial charge is 0.772 e. The molecule has 0 spiro atoms. The molecule has 0 aliphatic heterocycles. The molecule has 42 heavy (non-hydrogen) atoms. The van der Waals surface area contributed by atoms with Crippen molar-refractivity contribution < 1.29 is 47.8 Å². The Hall–Kier alpha value is -3.28. The van der Waals surface area contributed by atoms with Gasteiger partial charge in [0, 0.05) is 43.1 Å². The summed E-state index contributed by atoms with van der Waals surface area (Å²) in [4.78, 5) is 13.9. The van der Waals surface area contributed by atoms with Crippen LogP contribution in [0, 0.1) is 0 Å². The number of aliphatic hydroxyl groups is 3. The molecule has 2 aromatic rings. The number of hydrogen-bond donors (Lipinski definition) is 7. The molecule has 0 saturated carbocycles. The third-order valence-electron chi connectivity index (χ3n) is 6.05. The number of ether oxygens (including phenoxy) is 4. The summed E-state index contributed by atoms with van der Waals surface area (Å²) < 4.78 is 45.4. The number of benzene rings is 2. The predicted molar refractivity (Wildman–Crippen MR) is 157 cm³/mol. The van der Waals surface area contributed by atoms with Gasteiger partial charge >= 0.3 is 0 Å². The van der Waals surface area contributed by atoms with Crippen molar-refractivity contribution in [2.45, 2.75) is 11.5 Å². The van der Waals surface area contributed by atoms with Crippen LogP contribution in [0.2, 0.25) is 0 Å². The van der Waals surface area contributed by atoms with Gasteiger partial charge in [0.25, 0.3) is 5.91 Å². The Morgan fingerprint density at radius 1 is 0.833 bits per heavy atom. The summed E-state index contributed by atoms with van der Waals surface area (Å²) in [7, 11) is 5.86. The normalized spacial score (nSPS) is 12.3. The van der Waals surface area contributed by atoms with Gasteiger partial charge in [-0.2, -0.15) is 0 Å². The minimum absolute atomic E-state index is 0.0273. The molecule has 15 heteroatoms. The van der Waals surface area contributed by atoms with Crippen LogP contribution in [0.25, 0.3) is 12.2 Å². The first kappa shape index (κ1) is 34.9. The first-order chi connectivity index (χ1) is 20.2. The van der Waals surface area contributed by atoms with Gasteiger partial charge in [0.2, 0.25) is 5.79 Å². The lowest BCUT2D eigenvalue weighted by Crippen LogP contribution is -2.73. The number of nitrogens with one attached hydrogen (secondary N) is 4. The lowest BCUT2D eigenvalue weighted by Gasteiger charge is -2.35. The zero-order valence-corrected chi connectivity index (χ0v) is 24.8. The second kappa shape index (κ2) is 17.6. The molecule has 0 fully saturated rings. The molecule has 1 unspecified atom stereocenters. The smallest absolute Gasteiger partial charge is 0.275 e. The van der Waals surface area contributed by atoms with Crippen molar-refractivity contribution in [3.8, 4) is 23.0 Å². The molecule has 0 aromatic heterocycles. The molecule has 2 aromatic carbocycles. The minimum Gasteiger partial charge on any atom is -0.772 e. The summed E-state index contributed by atoms with van der Waals surface area (Å²) >= 11 is -2.47. The maximum absolute atomic E-state index is 13.9. The van der Waals surface area contributed by atoms with Gasteiger partial charge in [0.15, 0.2) is 0 Å². The van der Waals surface area contributed by atoms with Crippen molar-refractivity contribution in [1.82, 2.24) is 16.0 Å². The Labute approximate surface area is 247 Å². The van der Waals surface area contributed by atoms with Crippen LogP contribution in [0.1, 0.15) is 16.7 Å². The molecule has 0 saturated heterocycles. The van der Waals surface area contributed by atoms with Crippen molar-refractivity contribution in [2.75, 3.05) is 73.2 Å². The van der Waals surface area contributed by atoms with E-state index in [0.29, 0.717) is 33.9 Å². The Kier molecular flexibility index (Phi) is 14.7. The number of aliphatic hydroxyl groups excluding tert-OH is 3. The van der Waals surface area contributed by atoms with Gasteiger partial charge in [-0.15, -0.1) is 0 Å². The van der Waals surface area contributed by atoms with Crippen molar-refractivity contribution in [3.05, 3.63) is 41.0 Å². The molecule has 0 radical (unpaired) electrons. The zero-order valence-electron chi connectivity index (χ0n) is 24.0. The van der Waals surface area contributed by atoms with Gasteiger partial charge < -0.3 is 44.1 Å². The monoisotopic (exact) mass is 611 g/mol. The molecule has 0 heterocycles. The number of methoxy groups -OCH3 is 4. The van der Waals surface area contributed by atoms with Crippen LogP contribution in [-0.2, 0) is 21.6 Å². The molecule has 14 nitrogen and oxygen atoms in total. The number of hydrogen-bond acceptors (Lipinski definition) is 13. The Balaban J connectivity index is 2.75. The average molecular weight is 612 g/mol. The maximum atomic E-state index is 13.9. The van der Waals surface area contributed by atoms with Gasteiger partial charge in [-0.3, -0.25) is 25.0 Å². The van der Waals surface area contributed by atoms with Crippen LogP contribution < -0.4 is 40.2 Å². The first-order valence-electron chi connectivity index (χ1n) is 12.9. The first-order valence-corrected chi connectivity index (χ1v) is 14.1. The minimum atomic E-state index is -2.47. The van der Waals surface area contributed by atoms with E-state index < -0.39 is 22.8 Å². The SMILES string of the molecule is COc1cc(OC)c(C=Cc2c(CS(=O)[O-])ccc(OC)c2NC(=O)C(NCCO)(NCCO)NCCO)c(OC)c1. The van der Waals surface area contributed by atoms with Gasteiger partial charge in [-0.25, -0.2) is 0 Å². The van der Waals surface area contributed by atoms with E-state index in [1.54, 1.807) is 30.4 Å². The highest BCUT2D eigenvalue weighted by Crippen LogP contribution is 2.38. The van der Waals surface area contributed by atoms with E-state index in [1.807, 2.05) is 0 Å². The van der Waals surface area contributed by atoms with Crippen LogP contribution >= 0.6 is 0 Å². The van der Waals surface area contributed by atoms with E-state index in [0.717, 1.165) is 0 Å². The van der Waals surface area contributed by atoms with Gasteiger partial charge in [-0.1, -0.05) is 23.2 Å². The highest BCUT2D eigenvalue weighted by atomic mass is 32.2. The van der Waals surface area contributed by atoms with Crippen molar-refractivity contribution in [2.24, 2.45) is 0 Å². The van der Waals surface area contributed by atoms with Gasteiger partial charge in [-0.05, 0) is 17.7 Å². The van der Waals surface area contributed by atoms with Gasteiger partial charge in [0.1, 0.15) is 23.0 Å². The van der Waals surface area contributed by atoms with Crippen molar-refractivity contribution >= 4 is 34.8 Å². The standard InChI is InChI=1S/C27H40N4O10S/c1-38-19-15-23(40-3)21(24(16-19)41-4)7-6-20-18(17-42(36)37)5-8-22(39-2)25(20)31-26(35)27(28-9-12-32,29-10-13-33)30-11-14-34/h5-8,15-16,28-30,32-34H,9-14,17H2,1-4H3,(H,31,35)(H,36,37)/p-1. The Morgan fingerprint density at radius 3 is 1.76 bits per heavy atom. The second-order valence-corrected chi connectivity index (χ2v) is 9.49. The van der Waals surface area contributed by atoms with E-state index in [2.05, 4.69) is 21.3 Å². The topological polar surface area (TPSA) is 203 Å². The summed E-state index contributed by atoms with van der Waals surface area (Å²) in [5.74, 6) is -1.29. The van der Waals surface area contributed by atoms with E-state index >= 15 is 0 Å². The van der Waals surface area contributed by atoms with Crippen LogP contribution in [0.4, 0.5) is 5.69 Å². The quantitative estimate of drug-likeness (QED) is 0.0615. The van der Waals surface area contributed by atoms with Crippen LogP contribution in [0.5, 0.6) is 23.0 Å². The molecule has 1 amide bonds. The molecular formula is C27H39N4O10S-. The Morgan fingerprint density at radius 2 is 1.33 bits per heavy atom. The summed E-state index contributed by atoms with van der Waals surface area (Å²) in [5.41, 5.74) is 1.32. The Bertz CT molecular complexity index is 1180. The lowest BCUT2D eigenvalue weighted by molar-refractivity contribution is -0.125. The summed E-state index contributed by atoms with van der Waals surface area (Å²) in [6.45, 7) is -1.03. The molecular weight excluding hydrogens is 572 g/mol. The van der Waals surface area contributed by atoms with Crippen LogP contribution in [0.3, 0.4) is 0 Å². The van der Waals surface area contributed by atoms with E-state index in [4.69, 9.17) is 18.9 Å². The number of carbonyl (C=O) groups excluding carboxylic acids is 1. The lowest BCUT2D eigenvalue weighted by atomic mass is 10.0. The van der Waals surface area contributed by atoms with Crippen molar-refractivity contribution in [3.63, 3.8) is 0 Å². The van der Waals surface area contributed by atoms with Crippen LogP contribution in [-0.4, -0.2) is 104 Å². The number of amides is 1. The predicted octanol–water partition coefficient (Wildman–Crippen LogP) is -0.391. The summed E-state index contributed by atoms with van der Waals surface area (Å²) in [6.07, 6.45) is 3.24. The fraction of sp³-hybridized carbons (Fsp3) is 0.444.